The Morgan fingerprint density at radius 3 is 2.10 bits per heavy atom. The van der Waals surface area contributed by atoms with E-state index in [2.05, 4.69) is 42.6 Å². The van der Waals surface area contributed by atoms with E-state index >= 15 is 0 Å². The number of rotatable bonds is 11. The first-order chi connectivity index (χ1) is 23.3. The largest absolute Gasteiger partial charge is 0.369 e. The normalized spacial score (nSPS) is 19.8. The number of benzene rings is 1. The number of carbonyl (C=O) groups is 2. The highest BCUT2D eigenvalue weighted by molar-refractivity contribution is 7.99. The molecule has 7 nitrogen and oxygen atoms in total. The Bertz CT molecular complexity index is 1510. The lowest BCUT2D eigenvalue weighted by atomic mass is 9.72. The van der Waals surface area contributed by atoms with E-state index in [1.165, 1.54) is 74.7 Å². The number of anilines is 1. The first-order valence-corrected chi connectivity index (χ1v) is 20.0. The smallest absolute Gasteiger partial charge is 0.262 e. The van der Waals surface area contributed by atoms with Gasteiger partial charge in [-0.1, -0.05) is 77.6 Å². The van der Waals surface area contributed by atoms with E-state index < -0.39 is 6.04 Å². The quantitative estimate of drug-likeness (QED) is 0.194. The fourth-order valence-corrected chi connectivity index (χ4v) is 8.74. The second kappa shape index (κ2) is 16.4. The van der Waals surface area contributed by atoms with Crippen LogP contribution in [-0.4, -0.2) is 45.7 Å². The van der Waals surface area contributed by atoms with Crippen molar-refractivity contribution in [3.63, 3.8) is 0 Å². The topological polar surface area (TPSA) is 87.2 Å². The molecule has 49 heavy (non-hydrogen) atoms. The zero-order valence-electron chi connectivity index (χ0n) is 30.7. The van der Waals surface area contributed by atoms with Crippen molar-refractivity contribution in [1.82, 2.24) is 20.0 Å². The minimum Gasteiger partial charge on any atom is -0.369 e. The van der Waals surface area contributed by atoms with Gasteiger partial charge in [-0.25, -0.2) is 9.97 Å². The molecule has 9 heteroatoms. The molecule has 1 unspecified atom stereocenters. The predicted octanol–water partition coefficient (Wildman–Crippen LogP) is 9.23. The lowest BCUT2D eigenvalue weighted by Gasteiger charge is -2.39. The molecule has 1 atom stereocenters. The summed E-state index contributed by atoms with van der Waals surface area (Å²) < 4.78 is 2.81. The molecule has 1 aromatic carbocycles. The predicted molar refractivity (Wildman–Crippen MR) is 206 cm³/mol. The third-order valence-corrected chi connectivity index (χ3v) is 12.5. The Morgan fingerprint density at radius 2 is 1.53 bits per heavy atom. The van der Waals surface area contributed by atoms with Crippen molar-refractivity contribution in [3.8, 4) is 11.4 Å². The number of piperidine rings is 1. The number of nitrogens with one attached hydrogen (secondary N) is 2. The molecule has 1 aliphatic carbocycles. The first-order valence-electron chi connectivity index (χ1n) is 18.3. The molecule has 0 bridgehead atoms. The fraction of sp³-hybridized carbons (Fsp3) is 0.600. The van der Waals surface area contributed by atoms with Gasteiger partial charge in [-0.3, -0.25) is 14.3 Å². The zero-order valence-corrected chi connectivity index (χ0v) is 32.3. The second-order valence-corrected chi connectivity index (χ2v) is 18.9. The Balaban J connectivity index is 1.18. The van der Waals surface area contributed by atoms with E-state index in [0.29, 0.717) is 17.1 Å². The maximum absolute atomic E-state index is 13.3. The molecule has 3 aromatic rings. The lowest BCUT2D eigenvalue weighted by Crippen LogP contribution is -2.47. The third-order valence-electron chi connectivity index (χ3n) is 10.1. The van der Waals surface area contributed by atoms with Crippen LogP contribution in [0.4, 0.5) is 5.69 Å². The van der Waals surface area contributed by atoms with Gasteiger partial charge in [0.2, 0.25) is 0 Å². The van der Waals surface area contributed by atoms with Crippen LogP contribution in [0.1, 0.15) is 120 Å². The SMILES string of the molecule is CCCC1CCC(C2CCN(c3cnc(-c4ccc(CC(NC(=O)c5ccc(C(C)(C)C)s5)C(=O)NSC(C)(C)C)cc4)nc3)CC2)CC1. The van der Waals surface area contributed by atoms with Gasteiger partial charge in [0.15, 0.2) is 5.82 Å². The molecule has 2 aromatic heterocycles. The number of thiophene rings is 1. The van der Waals surface area contributed by atoms with Gasteiger partial charge in [-0.2, -0.15) is 0 Å². The van der Waals surface area contributed by atoms with Crippen LogP contribution in [0.3, 0.4) is 0 Å². The van der Waals surface area contributed by atoms with E-state index in [-0.39, 0.29) is 22.0 Å². The average Bonchev–Trinajstić information content (AvgIpc) is 3.60. The molecule has 1 saturated heterocycles. The number of nitrogens with zero attached hydrogens (tertiary/aromatic N) is 3. The van der Waals surface area contributed by atoms with Crippen molar-refractivity contribution in [1.29, 1.82) is 0 Å². The van der Waals surface area contributed by atoms with Gasteiger partial charge < -0.3 is 10.2 Å². The van der Waals surface area contributed by atoms with Crippen molar-refractivity contribution < 1.29 is 9.59 Å². The summed E-state index contributed by atoms with van der Waals surface area (Å²) >= 11 is 2.84. The maximum Gasteiger partial charge on any atom is 0.262 e. The van der Waals surface area contributed by atoms with Gasteiger partial charge >= 0.3 is 0 Å². The molecule has 3 heterocycles. The van der Waals surface area contributed by atoms with Gasteiger partial charge in [0.1, 0.15) is 6.04 Å². The van der Waals surface area contributed by atoms with Gasteiger partial charge in [-0.15, -0.1) is 11.3 Å². The molecule has 0 radical (unpaired) electrons. The van der Waals surface area contributed by atoms with E-state index in [9.17, 15) is 9.59 Å². The molecular formula is C40H57N5O2S2. The summed E-state index contributed by atoms with van der Waals surface area (Å²) in [6, 6.07) is 11.1. The molecule has 5 rings (SSSR count). The highest BCUT2D eigenvalue weighted by Gasteiger charge is 2.30. The average molecular weight is 704 g/mol. The molecule has 1 aliphatic heterocycles. The Hall–Kier alpha value is -2.91. The van der Waals surface area contributed by atoms with E-state index in [1.54, 1.807) is 0 Å². The Morgan fingerprint density at radius 1 is 0.898 bits per heavy atom. The highest BCUT2D eigenvalue weighted by Crippen LogP contribution is 2.39. The highest BCUT2D eigenvalue weighted by atomic mass is 32.2. The van der Waals surface area contributed by atoms with Crippen molar-refractivity contribution in [3.05, 3.63) is 64.1 Å². The summed E-state index contributed by atoms with van der Waals surface area (Å²) in [6.07, 6.45) is 15.3. The van der Waals surface area contributed by atoms with Crippen LogP contribution in [0.5, 0.6) is 0 Å². The number of carbonyl (C=O) groups excluding carboxylic acids is 2. The van der Waals surface area contributed by atoms with E-state index in [0.717, 1.165) is 52.5 Å². The molecular weight excluding hydrogens is 647 g/mol. The summed E-state index contributed by atoms with van der Waals surface area (Å²) in [5, 5.41) is 3.01. The minimum absolute atomic E-state index is 0.0427. The van der Waals surface area contributed by atoms with Crippen molar-refractivity contribution in [2.45, 2.75) is 122 Å². The van der Waals surface area contributed by atoms with Gasteiger partial charge in [0, 0.05) is 34.7 Å². The summed E-state index contributed by atoms with van der Waals surface area (Å²) in [7, 11) is 0. The summed E-state index contributed by atoms with van der Waals surface area (Å²) in [4.78, 5) is 40.3. The second-order valence-electron chi connectivity index (χ2n) is 16.2. The van der Waals surface area contributed by atoms with Crippen molar-refractivity contribution in [2.75, 3.05) is 18.0 Å². The molecule has 1 saturated carbocycles. The van der Waals surface area contributed by atoms with E-state index in [4.69, 9.17) is 9.97 Å². The van der Waals surface area contributed by atoms with Gasteiger partial charge in [-0.05, 0) is 99.3 Å². The number of hydrogen-bond acceptors (Lipinski definition) is 7. The third kappa shape index (κ3) is 10.5. The van der Waals surface area contributed by atoms with Crippen LogP contribution in [0.25, 0.3) is 11.4 Å². The summed E-state index contributed by atoms with van der Waals surface area (Å²) in [5.41, 5.74) is 2.93. The molecule has 2 aliphatic rings. The Labute approximate surface area is 303 Å². The van der Waals surface area contributed by atoms with Crippen molar-refractivity contribution >= 4 is 40.8 Å². The maximum atomic E-state index is 13.3. The molecule has 2 amide bonds. The molecule has 2 fully saturated rings. The van der Waals surface area contributed by atoms with Gasteiger partial charge in [0.25, 0.3) is 11.8 Å². The standard InChI is InChI=1S/C40H57N5O2S2/c1-8-9-27-10-14-29(15-11-27)30-20-22-45(23-21-30)32-25-41-36(42-26-32)31-16-12-28(13-17-31)24-33(37(46)44-49-40(5,6)7)43-38(47)34-18-19-35(48-34)39(2,3)4/h12-13,16-19,25-27,29-30,33H,8-11,14-15,20-24H2,1-7H3,(H,43,47)(H,44,46). The van der Waals surface area contributed by atoms with Gasteiger partial charge in [0.05, 0.1) is 23.0 Å². The van der Waals surface area contributed by atoms with Crippen LogP contribution in [0, 0.1) is 17.8 Å². The monoisotopic (exact) mass is 703 g/mol. The summed E-state index contributed by atoms with van der Waals surface area (Å²) in [5.74, 6) is 3.00. The lowest BCUT2D eigenvalue weighted by molar-refractivity contribution is -0.121. The van der Waals surface area contributed by atoms with Crippen LogP contribution in [0.2, 0.25) is 0 Å². The van der Waals surface area contributed by atoms with Crippen LogP contribution < -0.4 is 14.9 Å². The molecule has 0 spiro atoms. The van der Waals surface area contributed by atoms with Crippen LogP contribution in [0.15, 0.2) is 48.8 Å². The van der Waals surface area contributed by atoms with Crippen LogP contribution in [-0.2, 0) is 16.6 Å². The Kier molecular flexibility index (Phi) is 12.5. The first kappa shape index (κ1) is 37.3. The minimum atomic E-state index is -0.718. The number of hydrogen-bond donors (Lipinski definition) is 2. The number of amides is 2. The van der Waals surface area contributed by atoms with Crippen LogP contribution >= 0.6 is 23.3 Å². The molecule has 266 valence electrons. The number of aromatic nitrogens is 2. The fourth-order valence-electron chi connectivity index (χ4n) is 7.22. The summed E-state index contributed by atoms with van der Waals surface area (Å²) in [6.45, 7) is 17.0. The van der Waals surface area contributed by atoms with Crippen molar-refractivity contribution in [2.24, 2.45) is 17.8 Å². The van der Waals surface area contributed by atoms with E-state index in [1.807, 2.05) is 69.6 Å². The zero-order chi connectivity index (χ0) is 35.2. The molecule has 2 N–H and O–H groups in total.